The molecule has 1 aliphatic heterocycles. The van der Waals surface area contributed by atoms with Crippen LogP contribution in [0.5, 0.6) is 11.5 Å². The lowest BCUT2D eigenvalue weighted by molar-refractivity contribution is 0.301. The number of anilines is 1. The largest absolute Gasteiger partial charge is 0.494 e. The van der Waals surface area contributed by atoms with Crippen molar-refractivity contribution in [2.45, 2.75) is 62.8 Å². The Morgan fingerprint density at radius 2 is 1.72 bits per heavy atom. The fraction of sp³-hybridized carbons (Fsp3) is 0.520. The maximum atomic E-state index is 13.7. The van der Waals surface area contributed by atoms with Gasteiger partial charge in [-0.25, -0.2) is 23.8 Å². The smallest absolute Gasteiger partial charge is 0.243 e. The number of hydrogen-bond donors (Lipinski definition) is 3. The summed E-state index contributed by atoms with van der Waals surface area (Å²) < 4.78 is 43.1. The second-order valence-electron chi connectivity index (χ2n) is 9.95. The highest BCUT2D eigenvalue weighted by molar-refractivity contribution is 7.93. The maximum Gasteiger partial charge on any atom is 0.243 e. The molecule has 0 spiro atoms. The summed E-state index contributed by atoms with van der Waals surface area (Å²) in [7, 11) is -0.878. The van der Waals surface area contributed by atoms with Gasteiger partial charge in [0.2, 0.25) is 16.0 Å². The molecule has 0 radical (unpaired) electrons. The van der Waals surface area contributed by atoms with E-state index >= 15 is 0 Å². The number of halogens is 1. The molecule has 5 rings (SSSR count). The molecule has 3 N–H and O–H groups in total. The number of sulfonamides is 1. The summed E-state index contributed by atoms with van der Waals surface area (Å²) in [4.78, 5) is 8.42. The number of benzene rings is 1. The number of hydrogen-bond acceptors (Lipinski definition) is 10. The summed E-state index contributed by atoms with van der Waals surface area (Å²) in [5.41, 5.74) is 7.29. The van der Waals surface area contributed by atoms with E-state index in [4.69, 9.17) is 21.1 Å². The predicted molar refractivity (Wildman–Crippen MR) is 147 cm³/mol. The van der Waals surface area contributed by atoms with Crippen LogP contribution in [0.3, 0.4) is 0 Å². The number of para-hydroxylation sites is 1. The van der Waals surface area contributed by atoms with Crippen molar-refractivity contribution in [3.05, 3.63) is 47.3 Å². The van der Waals surface area contributed by atoms with E-state index in [1.165, 1.54) is 12.4 Å². The lowest BCUT2D eigenvalue weighted by atomic mass is 9.81. The highest BCUT2D eigenvalue weighted by atomic mass is 35.5. The molecule has 1 aromatic carbocycles. The summed E-state index contributed by atoms with van der Waals surface area (Å²) in [6.45, 7) is 3.36. The molecule has 3 heterocycles. The van der Waals surface area contributed by atoms with Crippen molar-refractivity contribution in [1.29, 1.82) is 0 Å². The number of nitrogens with one attached hydrogen (secondary N) is 3. The Kier molecular flexibility index (Phi) is 7.94. The molecule has 12 nitrogen and oxygen atoms in total. The van der Waals surface area contributed by atoms with Gasteiger partial charge in [0, 0.05) is 24.4 Å². The van der Waals surface area contributed by atoms with Gasteiger partial charge in [0.15, 0.2) is 5.82 Å². The van der Waals surface area contributed by atoms with E-state index < -0.39 is 21.2 Å². The Morgan fingerprint density at radius 3 is 2.38 bits per heavy atom. The predicted octanol–water partition coefficient (Wildman–Crippen LogP) is 3.37. The molecule has 39 heavy (non-hydrogen) atoms. The van der Waals surface area contributed by atoms with Crippen LogP contribution in [0.2, 0.25) is 5.02 Å². The zero-order chi connectivity index (χ0) is 27.7. The van der Waals surface area contributed by atoms with Crippen molar-refractivity contribution < 1.29 is 17.9 Å². The molecule has 0 amide bonds. The lowest BCUT2D eigenvalue weighted by Gasteiger charge is -2.27. The van der Waals surface area contributed by atoms with E-state index in [1.54, 1.807) is 50.8 Å². The van der Waals surface area contributed by atoms with Gasteiger partial charge < -0.3 is 9.47 Å². The number of hydrazine groups is 1. The van der Waals surface area contributed by atoms with Gasteiger partial charge in [-0.3, -0.25) is 14.7 Å². The standard InChI is InChI=1S/C25H33ClN8O4S/c1-14(23-27-12-16(26)13-28-23)15(2)39(35,36)33-25-32-31-24(21-17-8-5-6-9-18(17)29-30-21)34(25)22-19(37-3)10-7-11-20(22)38-4/h7,10-15,17-18,21,29-30H,5-6,8-9H2,1-4H3,(H,32,33)/t14-,15-,17?,18?,21?/m1/s1. The average molecular weight is 577 g/mol. The highest BCUT2D eigenvalue weighted by Gasteiger charge is 2.42. The Balaban J connectivity index is 1.57. The lowest BCUT2D eigenvalue weighted by Crippen LogP contribution is -2.33. The van der Waals surface area contributed by atoms with Crippen molar-refractivity contribution in [3.8, 4) is 17.2 Å². The second-order valence-corrected chi connectivity index (χ2v) is 12.4. The summed E-state index contributed by atoms with van der Waals surface area (Å²) in [6.07, 6.45) is 7.25. The van der Waals surface area contributed by atoms with Crippen LogP contribution in [0.15, 0.2) is 30.6 Å². The first-order chi connectivity index (χ1) is 18.7. The normalized spacial score (nSPS) is 22.6. The summed E-state index contributed by atoms with van der Waals surface area (Å²) >= 11 is 5.91. The third-order valence-corrected chi connectivity index (χ3v) is 9.79. The molecule has 3 aromatic rings. The zero-order valence-corrected chi connectivity index (χ0v) is 23.8. The topological polar surface area (TPSA) is 145 Å². The van der Waals surface area contributed by atoms with E-state index in [1.807, 2.05) is 0 Å². The molecule has 14 heteroatoms. The molecular weight excluding hydrogens is 544 g/mol. The molecule has 0 bridgehead atoms. The third kappa shape index (κ3) is 5.28. The monoisotopic (exact) mass is 576 g/mol. The van der Waals surface area contributed by atoms with E-state index in [0.29, 0.717) is 39.9 Å². The van der Waals surface area contributed by atoms with Crippen molar-refractivity contribution in [3.63, 3.8) is 0 Å². The van der Waals surface area contributed by atoms with Gasteiger partial charge in [-0.15, -0.1) is 10.2 Å². The number of fused-ring (bicyclic) bond motifs is 1. The summed E-state index contributed by atoms with van der Waals surface area (Å²) in [5, 5.41) is 8.31. The number of nitrogens with zero attached hydrogens (tertiary/aromatic N) is 5. The Labute approximate surface area is 232 Å². The van der Waals surface area contributed by atoms with Gasteiger partial charge in [-0.05, 0) is 37.8 Å². The van der Waals surface area contributed by atoms with Gasteiger partial charge in [0.1, 0.15) is 23.0 Å². The minimum Gasteiger partial charge on any atom is -0.494 e. The first kappa shape index (κ1) is 27.6. The first-order valence-electron chi connectivity index (χ1n) is 12.9. The maximum absolute atomic E-state index is 13.7. The van der Waals surface area contributed by atoms with Crippen molar-refractivity contribution in [2.75, 3.05) is 18.9 Å². The summed E-state index contributed by atoms with van der Waals surface area (Å²) in [6, 6.07) is 5.47. The molecule has 2 aromatic heterocycles. The van der Waals surface area contributed by atoms with Crippen LogP contribution >= 0.6 is 11.6 Å². The van der Waals surface area contributed by atoms with Crippen LogP contribution in [0.1, 0.15) is 63.1 Å². The van der Waals surface area contributed by atoms with E-state index in [-0.39, 0.29) is 17.9 Å². The molecule has 1 aliphatic carbocycles. The Bertz CT molecular complexity index is 1400. The third-order valence-electron chi connectivity index (χ3n) is 7.74. The molecular formula is C25H33ClN8O4S. The quantitative estimate of drug-likeness (QED) is 0.346. The molecule has 2 fully saturated rings. The van der Waals surface area contributed by atoms with Crippen LogP contribution in [0.25, 0.3) is 5.69 Å². The number of rotatable bonds is 9. The van der Waals surface area contributed by atoms with Gasteiger partial charge >= 0.3 is 0 Å². The van der Waals surface area contributed by atoms with E-state index in [0.717, 1.165) is 25.7 Å². The fourth-order valence-corrected chi connectivity index (χ4v) is 6.72. The average Bonchev–Trinajstić information content (AvgIpc) is 3.55. The van der Waals surface area contributed by atoms with E-state index in [9.17, 15) is 8.42 Å². The van der Waals surface area contributed by atoms with Crippen LogP contribution in [0, 0.1) is 5.92 Å². The molecule has 1 saturated carbocycles. The highest BCUT2D eigenvalue weighted by Crippen LogP contribution is 2.42. The molecule has 1 saturated heterocycles. The van der Waals surface area contributed by atoms with Gasteiger partial charge in [0.05, 0.1) is 30.5 Å². The zero-order valence-electron chi connectivity index (χ0n) is 22.3. The van der Waals surface area contributed by atoms with Crippen LogP contribution in [-0.2, 0) is 10.0 Å². The molecule has 3 unspecified atom stereocenters. The van der Waals surface area contributed by atoms with Gasteiger partial charge in [-0.1, -0.05) is 37.4 Å². The van der Waals surface area contributed by atoms with Crippen LogP contribution < -0.4 is 25.0 Å². The second kappa shape index (κ2) is 11.2. The van der Waals surface area contributed by atoms with Crippen LogP contribution in [0.4, 0.5) is 5.95 Å². The Hall–Kier alpha value is -3.00. The minimum atomic E-state index is -3.98. The van der Waals surface area contributed by atoms with E-state index in [2.05, 4.69) is 35.7 Å². The van der Waals surface area contributed by atoms with Gasteiger partial charge in [0.25, 0.3) is 0 Å². The van der Waals surface area contributed by atoms with Crippen LogP contribution in [-0.4, -0.2) is 58.7 Å². The number of ether oxygens (including phenoxy) is 2. The Morgan fingerprint density at radius 1 is 1.05 bits per heavy atom. The van der Waals surface area contributed by atoms with Crippen molar-refractivity contribution in [1.82, 2.24) is 35.6 Å². The minimum absolute atomic E-state index is 0.0323. The van der Waals surface area contributed by atoms with Crippen molar-refractivity contribution in [2.24, 2.45) is 5.92 Å². The molecule has 2 aliphatic rings. The summed E-state index contributed by atoms with van der Waals surface area (Å²) in [5.74, 6) is 1.67. The first-order valence-corrected chi connectivity index (χ1v) is 14.8. The van der Waals surface area contributed by atoms with Crippen molar-refractivity contribution >= 4 is 27.6 Å². The molecule has 210 valence electrons. The number of methoxy groups -OCH3 is 2. The SMILES string of the molecule is COc1cccc(OC)c1-n1c(NS(=O)(=O)[C@H](C)[C@@H](C)c2ncc(Cl)cn2)nnc1C1NNC2CCCCC21. The van der Waals surface area contributed by atoms with Gasteiger partial charge in [-0.2, -0.15) is 0 Å². The number of aromatic nitrogens is 5. The fourth-order valence-electron chi connectivity index (χ4n) is 5.39. The molecule has 5 atom stereocenters.